The van der Waals surface area contributed by atoms with Gasteiger partial charge in [0.15, 0.2) is 0 Å². The molecule has 4 rings (SSSR count). The Labute approximate surface area is 164 Å². The van der Waals surface area contributed by atoms with Gasteiger partial charge in [0, 0.05) is 11.4 Å². The number of thiol groups is 1. The highest BCUT2D eigenvalue weighted by Crippen LogP contribution is 2.41. The lowest BCUT2D eigenvalue weighted by molar-refractivity contribution is 0.199. The summed E-state index contributed by atoms with van der Waals surface area (Å²) in [5, 5.41) is 14.3. The summed E-state index contributed by atoms with van der Waals surface area (Å²) in [5.41, 5.74) is 5.96. The number of hydrogen-bond acceptors (Lipinski definition) is 5. The summed E-state index contributed by atoms with van der Waals surface area (Å²) in [5.74, 6) is 0.403. The Morgan fingerprint density at radius 1 is 1.41 bits per heavy atom. The average molecular weight is 406 g/mol. The zero-order valence-electron chi connectivity index (χ0n) is 15.4. The molecule has 8 heteroatoms. The third kappa shape index (κ3) is 3.53. The van der Waals surface area contributed by atoms with E-state index < -0.39 is 22.7 Å². The van der Waals surface area contributed by atoms with E-state index in [2.05, 4.69) is 16.6 Å². The van der Waals surface area contributed by atoms with Crippen LogP contribution in [0.4, 0.5) is 10.5 Å². The number of anilines is 1. The summed E-state index contributed by atoms with van der Waals surface area (Å²) in [6.45, 7) is 3.82. The van der Waals surface area contributed by atoms with Crippen LogP contribution in [0.1, 0.15) is 66.8 Å². The highest BCUT2D eigenvalue weighted by atomic mass is 32.2. The molecule has 0 fully saturated rings. The number of aromatic nitrogens is 1. The second kappa shape index (κ2) is 7.33. The van der Waals surface area contributed by atoms with Gasteiger partial charge in [0.05, 0.1) is 26.6 Å². The van der Waals surface area contributed by atoms with Crippen LogP contribution >= 0.6 is 11.3 Å². The molecule has 144 valence electrons. The van der Waals surface area contributed by atoms with Crippen molar-refractivity contribution in [1.82, 2.24) is 4.98 Å². The molecule has 2 aromatic rings. The van der Waals surface area contributed by atoms with E-state index >= 15 is 0 Å². The van der Waals surface area contributed by atoms with E-state index in [4.69, 9.17) is 4.98 Å². The predicted octanol–water partition coefficient (Wildman–Crippen LogP) is 3.99. The monoisotopic (exact) mass is 405 g/mol. The van der Waals surface area contributed by atoms with Crippen molar-refractivity contribution in [2.75, 3.05) is 5.32 Å². The molecule has 0 aromatic carbocycles. The molecular weight excluding hydrogens is 382 g/mol. The molecule has 2 N–H and O–H groups in total. The van der Waals surface area contributed by atoms with Gasteiger partial charge < -0.3 is 10.4 Å². The van der Waals surface area contributed by atoms with Gasteiger partial charge in [-0.2, -0.15) is 0 Å². The highest BCUT2D eigenvalue weighted by Gasteiger charge is 2.29. The molecule has 0 radical (unpaired) electrons. The van der Waals surface area contributed by atoms with Crippen molar-refractivity contribution < 1.29 is 14.1 Å². The Balaban J connectivity index is 1.62. The smallest absolute Gasteiger partial charge is 0.353 e. The van der Waals surface area contributed by atoms with Crippen LogP contribution in [-0.4, -0.2) is 20.3 Å². The van der Waals surface area contributed by atoms with Crippen molar-refractivity contribution in [2.24, 2.45) is 4.36 Å². The lowest BCUT2D eigenvalue weighted by atomic mass is 10.0. The highest BCUT2D eigenvalue weighted by molar-refractivity contribution is 7.78. The molecule has 1 unspecified atom stereocenters. The number of aryl methyl sites for hydroxylation is 1. The van der Waals surface area contributed by atoms with E-state index in [-0.39, 0.29) is 0 Å². The molecule has 3 atom stereocenters. The number of pyridine rings is 1. The Morgan fingerprint density at radius 3 is 2.96 bits per heavy atom. The second-order valence-corrected chi connectivity index (χ2v) is 9.71. The molecule has 2 amide bonds. The van der Waals surface area contributed by atoms with Crippen LogP contribution < -0.4 is 5.32 Å². The van der Waals surface area contributed by atoms with E-state index in [1.54, 1.807) is 18.4 Å². The number of nitrogens with zero attached hydrogens (tertiary/aromatic N) is 2. The quantitative estimate of drug-likeness (QED) is 0.673. The zero-order valence-corrected chi connectivity index (χ0v) is 17.1. The van der Waals surface area contributed by atoms with Crippen molar-refractivity contribution in [2.45, 2.75) is 62.2 Å². The SMILES string of the molecule is C[C@H](O)c1csc(/[SH](=O)=N/C(=O)Nc2c3c(nc4c2CC[C@H]4C)CCC3)c1. The van der Waals surface area contributed by atoms with Crippen LogP contribution in [-0.2, 0) is 29.9 Å². The predicted molar refractivity (Wildman–Crippen MR) is 107 cm³/mol. The zero-order chi connectivity index (χ0) is 19.1. The van der Waals surface area contributed by atoms with Crippen molar-refractivity contribution >= 4 is 33.7 Å². The van der Waals surface area contributed by atoms with Gasteiger partial charge in [0.1, 0.15) is 0 Å². The summed E-state index contributed by atoms with van der Waals surface area (Å²) in [6, 6.07) is 1.07. The van der Waals surface area contributed by atoms with Crippen molar-refractivity contribution in [3.05, 3.63) is 39.5 Å². The molecule has 27 heavy (non-hydrogen) atoms. The van der Waals surface area contributed by atoms with Gasteiger partial charge >= 0.3 is 6.03 Å². The summed E-state index contributed by atoms with van der Waals surface area (Å²) < 4.78 is 16.8. The molecule has 0 aliphatic heterocycles. The van der Waals surface area contributed by atoms with Gasteiger partial charge in [0.25, 0.3) is 0 Å². The summed E-state index contributed by atoms with van der Waals surface area (Å²) in [7, 11) is -2.18. The molecule has 0 spiro atoms. The van der Waals surface area contributed by atoms with Gasteiger partial charge in [-0.15, -0.1) is 15.7 Å². The number of nitrogens with one attached hydrogen (secondary N) is 1. The van der Waals surface area contributed by atoms with Crippen LogP contribution in [0.2, 0.25) is 0 Å². The van der Waals surface area contributed by atoms with E-state index in [0.29, 0.717) is 15.7 Å². The number of thiophene rings is 1. The first-order chi connectivity index (χ1) is 12.9. The molecule has 6 nitrogen and oxygen atoms in total. The molecule has 2 heterocycles. The van der Waals surface area contributed by atoms with E-state index in [0.717, 1.165) is 60.3 Å². The normalized spacial score (nSPS) is 20.3. The minimum atomic E-state index is -2.18. The van der Waals surface area contributed by atoms with E-state index in [9.17, 15) is 14.1 Å². The fraction of sp³-hybridized carbons (Fsp3) is 0.474. The lowest BCUT2D eigenvalue weighted by Crippen LogP contribution is -2.12. The lowest BCUT2D eigenvalue weighted by Gasteiger charge is -2.14. The third-order valence-electron chi connectivity index (χ3n) is 5.34. The molecule has 0 saturated carbocycles. The maximum absolute atomic E-state index is 12.5. The molecule has 0 bridgehead atoms. The first-order valence-corrected chi connectivity index (χ1v) is 11.3. The average Bonchev–Trinajstić information content (AvgIpc) is 3.34. The standard InChI is InChI=1S/C19H23N3O3S2/c1-10-6-7-14-17(10)20-15-5-3-4-13(15)18(14)21-19(24)22-27(25)16-8-12(9-26-16)11(2)23/h8-11,23,27H,3-7H2,1-2H3,(H,20,21,24)/t10-,11+/m1/s1. The minimum Gasteiger partial charge on any atom is -0.389 e. The number of aliphatic hydroxyl groups excluding tert-OH is 1. The van der Waals surface area contributed by atoms with Crippen LogP contribution in [0.3, 0.4) is 0 Å². The van der Waals surface area contributed by atoms with Crippen molar-refractivity contribution in [3.8, 4) is 0 Å². The van der Waals surface area contributed by atoms with Gasteiger partial charge in [-0.3, -0.25) is 4.98 Å². The maximum Gasteiger partial charge on any atom is 0.353 e. The number of urea groups is 1. The largest absolute Gasteiger partial charge is 0.389 e. The molecular formula is C19H23N3O3S2. The first kappa shape index (κ1) is 18.6. The topological polar surface area (TPSA) is 91.6 Å². The molecule has 0 saturated heterocycles. The Bertz CT molecular complexity index is 990. The van der Waals surface area contributed by atoms with Crippen molar-refractivity contribution in [1.29, 1.82) is 0 Å². The number of aliphatic hydroxyl groups is 1. The van der Waals surface area contributed by atoms with Gasteiger partial charge in [-0.05, 0) is 73.1 Å². The number of fused-ring (bicyclic) bond motifs is 2. The van der Waals surface area contributed by atoms with Gasteiger partial charge in [-0.1, -0.05) is 6.92 Å². The first-order valence-electron chi connectivity index (χ1n) is 9.25. The number of carbonyl (C=O) groups is 1. The van der Waals surface area contributed by atoms with E-state index in [1.807, 2.05) is 0 Å². The number of hydrogen-bond donors (Lipinski definition) is 3. The second-order valence-electron chi connectivity index (χ2n) is 7.27. The molecule has 2 aromatic heterocycles. The number of amides is 2. The summed E-state index contributed by atoms with van der Waals surface area (Å²) in [4.78, 5) is 17.3. The molecule has 2 aliphatic carbocycles. The Hall–Kier alpha value is -1.77. The van der Waals surface area contributed by atoms with Crippen LogP contribution in [0.25, 0.3) is 0 Å². The minimum absolute atomic E-state index is 0.403. The summed E-state index contributed by atoms with van der Waals surface area (Å²) in [6.07, 6.45) is 4.22. The van der Waals surface area contributed by atoms with Crippen molar-refractivity contribution in [3.63, 3.8) is 0 Å². The Kier molecular flexibility index (Phi) is 5.05. The number of rotatable bonds is 3. The Morgan fingerprint density at radius 2 is 2.22 bits per heavy atom. The summed E-state index contributed by atoms with van der Waals surface area (Å²) >= 11 is 1.25. The van der Waals surface area contributed by atoms with Crippen LogP contribution in [0.5, 0.6) is 0 Å². The maximum atomic E-state index is 12.5. The fourth-order valence-electron chi connectivity index (χ4n) is 3.87. The van der Waals surface area contributed by atoms with Gasteiger partial charge in [0.2, 0.25) is 0 Å². The fourth-order valence-corrected chi connectivity index (χ4v) is 5.82. The number of carbonyl (C=O) groups excluding carboxylic acids is 1. The van der Waals surface area contributed by atoms with Gasteiger partial charge in [-0.25, -0.2) is 9.00 Å². The van der Waals surface area contributed by atoms with Crippen LogP contribution in [0, 0.1) is 0 Å². The van der Waals surface area contributed by atoms with E-state index in [1.165, 1.54) is 11.3 Å². The molecule has 2 aliphatic rings. The third-order valence-corrected chi connectivity index (χ3v) is 7.75. The van der Waals surface area contributed by atoms with Crippen LogP contribution in [0.15, 0.2) is 20.0 Å².